The second kappa shape index (κ2) is 4.48. The van der Waals surface area contributed by atoms with Crippen LogP contribution >= 0.6 is 0 Å². The maximum atomic E-state index is 4.18. The number of aromatic nitrogens is 1. The van der Waals surface area contributed by atoms with Crippen molar-refractivity contribution < 1.29 is 0 Å². The first-order valence-electron chi connectivity index (χ1n) is 5.70. The zero-order valence-corrected chi connectivity index (χ0v) is 10.1. The van der Waals surface area contributed by atoms with Gasteiger partial charge in [-0.1, -0.05) is 38.1 Å². The molecule has 82 valence electrons. The molecule has 0 spiro atoms. The molecule has 0 aliphatic heterocycles. The fourth-order valence-electron chi connectivity index (χ4n) is 2.11. The second-order valence-electron chi connectivity index (χ2n) is 4.42. The van der Waals surface area contributed by atoms with E-state index in [1.54, 1.807) is 0 Å². The molecule has 1 heterocycles. The summed E-state index contributed by atoms with van der Waals surface area (Å²) in [5, 5.41) is 0. The van der Waals surface area contributed by atoms with Crippen LogP contribution in [0.1, 0.15) is 30.9 Å². The lowest BCUT2D eigenvalue weighted by Crippen LogP contribution is -1.94. The first kappa shape index (κ1) is 10.9. The van der Waals surface area contributed by atoms with Gasteiger partial charge < -0.3 is 0 Å². The van der Waals surface area contributed by atoms with Crippen molar-refractivity contribution in [2.45, 2.75) is 26.7 Å². The Kier molecular flexibility index (Phi) is 3.04. The molecule has 16 heavy (non-hydrogen) atoms. The van der Waals surface area contributed by atoms with E-state index in [0.29, 0.717) is 5.92 Å². The van der Waals surface area contributed by atoms with Gasteiger partial charge >= 0.3 is 0 Å². The number of rotatable bonds is 2. The quantitative estimate of drug-likeness (QED) is 0.726. The molecule has 1 heteroatoms. The third kappa shape index (κ3) is 1.99. The summed E-state index contributed by atoms with van der Waals surface area (Å²) in [6.07, 6.45) is 3.73. The average Bonchev–Trinajstić information content (AvgIpc) is 2.30. The predicted molar refractivity (Wildman–Crippen MR) is 68.5 cm³/mol. The molecule has 0 unspecified atom stereocenters. The maximum absolute atomic E-state index is 4.18. The van der Waals surface area contributed by atoms with Crippen LogP contribution in [0.4, 0.5) is 0 Å². The fourth-order valence-corrected chi connectivity index (χ4v) is 2.11. The third-order valence-electron chi connectivity index (χ3n) is 2.97. The van der Waals surface area contributed by atoms with Gasteiger partial charge in [-0.2, -0.15) is 0 Å². The molecule has 0 N–H and O–H groups in total. The van der Waals surface area contributed by atoms with Gasteiger partial charge in [-0.3, -0.25) is 4.98 Å². The standard InChI is InChI=1S/C15H17N/c1-11(2)14-7-4-8-15(12(14)3)13-6-5-9-16-10-13/h4-11H,1-3H3. The van der Waals surface area contributed by atoms with Gasteiger partial charge in [-0.05, 0) is 35.6 Å². The molecular weight excluding hydrogens is 194 g/mol. The van der Waals surface area contributed by atoms with Crippen molar-refractivity contribution in [1.29, 1.82) is 0 Å². The van der Waals surface area contributed by atoms with E-state index in [0.717, 1.165) is 0 Å². The minimum Gasteiger partial charge on any atom is -0.264 e. The Labute approximate surface area is 97.2 Å². The summed E-state index contributed by atoms with van der Waals surface area (Å²) in [4.78, 5) is 4.18. The lowest BCUT2D eigenvalue weighted by molar-refractivity contribution is 0.857. The number of benzene rings is 1. The highest BCUT2D eigenvalue weighted by Crippen LogP contribution is 2.28. The summed E-state index contributed by atoms with van der Waals surface area (Å²) in [7, 11) is 0. The van der Waals surface area contributed by atoms with Gasteiger partial charge in [0.1, 0.15) is 0 Å². The molecule has 0 saturated heterocycles. The van der Waals surface area contributed by atoms with Gasteiger partial charge in [0.2, 0.25) is 0 Å². The first-order chi connectivity index (χ1) is 7.70. The molecule has 2 aromatic rings. The monoisotopic (exact) mass is 211 g/mol. The SMILES string of the molecule is Cc1c(-c2cccnc2)cccc1C(C)C. The van der Waals surface area contributed by atoms with Crippen LogP contribution in [0, 0.1) is 6.92 Å². The van der Waals surface area contributed by atoms with Gasteiger partial charge in [0.25, 0.3) is 0 Å². The first-order valence-corrected chi connectivity index (χ1v) is 5.70. The molecule has 0 amide bonds. The third-order valence-corrected chi connectivity index (χ3v) is 2.97. The minimum atomic E-state index is 0.566. The molecule has 0 atom stereocenters. The van der Waals surface area contributed by atoms with Gasteiger partial charge in [0, 0.05) is 18.0 Å². The summed E-state index contributed by atoms with van der Waals surface area (Å²) in [6, 6.07) is 10.6. The van der Waals surface area contributed by atoms with E-state index >= 15 is 0 Å². The smallest absolute Gasteiger partial charge is 0.0346 e. The maximum Gasteiger partial charge on any atom is 0.0346 e. The van der Waals surface area contributed by atoms with Crippen molar-refractivity contribution >= 4 is 0 Å². The van der Waals surface area contributed by atoms with Crippen LogP contribution in [0.15, 0.2) is 42.7 Å². The summed E-state index contributed by atoms with van der Waals surface area (Å²) in [6.45, 7) is 6.66. The Morgan fingerprint density at radius 1 is 1.06 bits per heavy atom. The van der Waals surface area contributed by atoms with E-state index in [-0.39, 0.29) is 0 Å². The lowest BCUT2D eigenvalue weighted by Gasteiger charge is -2.13. The highest BCUT2D eigenvalue weighted by molar-refractivity contribution is 5.67. The second-order valence-corrected chi connectivity index (χ2v) is 4.42. The van der Waals surface area contributed by atoms with Gasteiger partial charge in [0.15, 0.2) is 0 Å². The Morgan fingerprint density at radius 3 is 2.50 bits per heavy atom. The molecule has 1 aromatic heterocycles. The number of hydrogen-bond donors (Lipinski definition) is 0. The summed E-state index contributed by atoms with van der Waals surface area (Å²) < 4.78 is 0. The molecule has 0 saturated carbocycles. The topological polar surface area (TPSA) is 12.9 Å². The summed E-state index contributed by atoms with van der Waals surface area (Å²) in [5.74, 6) is 0.566. The molecular formula is C15H17N. The van der Waals surface area contributed by atoms with E-state index in [4.69, 9.17) is 0 Å². The van der Waals surface area contributed by atoms with Crippen LogP contribution in [0.2, 0.25) is 0 Å². The average molecular weight is 211 g/mol. The van der Waals surface area contributed by atoms with Gasteiger partial charge in [-0.15, -0.1) is 0 Å². The van der Waals surface area contributed by atoms with Crippen molar-refractivity contribution in [2.24, 2.45) is 0 Å². The summed E-state index contributed by atoms with van der Waals surface area (Å²) >= 11 is 0. The van der Waals surface area contributed by atoms with Crippen molar-refractivity contribution in [3.05, 3.63) is 53.9 Å². The van der Waals surface area contributed by atoms with Crippen LogP contribution in [-0.2, 0) is 0 Å². The van der Waals surface area contributed by atoms with Crippen LogP contribution in [0.3, 0.4) is 0 Å². The minimum absolute atomic E-state index is 0.566. The van der Waals surface area contributed by atoms with Crippen LogP contribution in [0.25, 0.3) is 11.1 Å². The van der Waals surface area contributed by atoms with Crippen molar-refractivity contribution in [3.63, 3.8) is 0 Å². The zero-order chi connectivity index (χ0) is 11.5. The van der Waals surface area contributed by atoms with E-state index < -0.39 is 0 Å². The predicted octanol–water partition coefficient (Wildman–Crippen LogP) is 4.18. The molecule has 0 radical (unpaired) electrons. The fraction of sp³-hybridized carbons (Fsp3) is 0.267. The van der Waals surface area contributed by atoms with E-state index in [9.17, 15) is 0 Å². The molecule has 2 rings (SSSR count). The molecule has 1 aromatic carbocycles. The van der Waals surface area contributed by atoms with Crippen LogP contribution in [0.5, 0.6) is 0 Å². The van der Waals surface area contributed by atoms with Crippen molar-refractivity contribution in [2.75, 3.05) is 0 Å². The highest BCUT2D eigenvalue weighted by atomic mass is 14.6. The Balaban J connectivity index is 2.55. The lowest BCUT2D eigenvalue weighted by atomic mass is 9.92. The zero-order valence-electron chi connectivity index (χ0n) is 10.1. The largest absolute Gasteiger partial charge is 0.264 e. The molecule has 0 aliphatic rings. The van der Waals surface area contributed by atoms with Gasteiger partial charge in [-0.25, -0.2) is 0 Å². The number of hydrogen-bond acceptors (Lipinski definition) is 1. The van der Waals surface area contributed by atoms with Crippen LogP contribution < -0.4 is 0 Å². The number of nitrogens with zero attached hydrogens (tertiary/aromatic N) is 1. The van der Waals surface area contributed by atoms with Crippen LogP contribution in [-0.4, -0.2) is 4.98 Å². The van der Waals surface area contributed by atoms with E-state index in [1.807, 2.05) is 18.5 Å². The molecule has 0 fully saturated rings. The number of pyridine rings is 1. The Bertz CT molecular complexity index is 472. The molecule has 1 nitrogen and oxygen atoms in total. The molecule has 0 bridgehead atoms. The normalized spacial score (nSPS) is 10.8. The van der Waals surface area contributed by atoms with E-state index in [2.05, 4.69) is 50.0 Å². The highest BCUT2D eigenvalue weighted by Gasteiger charge is 2.08. The van der Waals surface area contributed by atoms with Gasteiger partial charge in [0.05, 0.1) is 0 Å². The Morgan fingerprint density at radius 2 is 1.88 bits per heavy atom. The Hall–Kier alpha value is -1.63. The van der Waals surface area contributed by atoms with E-state index in [1.165, 1.54) is 22.3 Å². The summed E-state index contributed by atoms with van der Waals surface area (Å²) in [5.41, 5.74) is 5.27. The molecule has 0 aliphatic carbocycles. The van der Waals surface area contributed by atoms with Crippen molar-refractivity contribution in [3.8, 4) is 11.1 Å². The van der Waals surface area contributed by atoms with Crippen molar-refractivity contribution in [1.82, 2.24) is 4.98 Å².